The Hall–Kier alpha value is -2.75. The molecule has 0 saturated heterocycles. The first-order chi connectivity index (χ1) is 13.7. The van der Waals surface area contributed by atoms with Crippen LogP contribution in [-0.2, 0) is 18.4 Å². The van der Waals surface area contributed by atoms with Gasteiger partial charge in [-0.3, -0.25) is 4.79 Å². The van der Waals surface area contributed by atoms with Crippen molar-refractivity contribution >= 4 is 17.7 Å². The normalized spacial score (nSPS) is 14.5. The Bertz CT molecular complexity index is 932. The van der Waals surface area contributed by atoms with E-state index < -0.39 is 0 Å². The van der Waals surface area contributed by atoms with Crippen molar-refractivity contribution in [1.29, 1.82) is 0 Å². The van der Waals surface area contributed by atoms with Crippen LogP contribution in [0.25, 0.3) is 11.4 Å². The summed E-state index contributed by atoms with van der Waals surface area (Å²) in [6.07, 6.45) is 4.57. The zero-order valence-electron chi connectivity index (χ0n) is 15.7. The zero-order chi connectivity index (χ0) is 19.3. The highest BCUT2D eigenvalue weighted by molar-refractivity contribution is 7.99. The number of benzene rings is 1. The maximum atomic E-state index is 12.1. The van der Waals surface area contributed by atoms with E-state index in [-0.39, 0.29) is 5.91 Å². The number of rotatable bonds is 7. The molecule has 1 N–H and O–H groups in total. The quantitative estimate of drug-likeness (QED) is 0.604. The van der Waals surface area contributed by atoms with Crippen LogP contribution in [-0.4, -0.2) is 52.7 Å². The van der Waals surface area contributed by atoms with Gasteiger partial charge in [0.05, 0.1) is 5.75 Å². The Kier molecular flexibility index (Phi) is 5.65. The largest absolute Gasteiger partial charge is 0.353 e. The van der Waals surface area contributed by atoms with Crippen molar-refractivity contribution in [2.75, 3.05) is 5.75 Å². The van der Waals surface area contributed by atoms with Crippen LogP contribution in [0.5, 0.6) is 0 Å². The lowest BCUT2D eigenvalue weighted by atomic mass is 10.2. The minimum Gasteiger partial charge on any atom is -0.353 e. The van der Waals surface area contributed by atoms with Gasteiger partial charge in [-0.1, -0.05) is 54.9 Å². The van der Waals surface area contributed by atoms with Crippen LogP contribution in [0.1, 0.15) is 31.5 Å². The molecule has 4 rings (SSSR count). The van der Waals surface area contributed by atoms with Crippen molar-refractivity contribution in [3.8, 4) is 11.4 Å². The molecule has 1 fully saturated rings. The predicted molar refractivity (Wildman–Crippen MR) is 104 cm³/mol. The summed E-state index contributed by atoms with van der Waals surface area (Å²) in [4.78, 5) is 13.6. The lowest BCUT2D eigenvalue weighted by Crippen LogP contribution is -2.33. The summed E-state index contributed by atoms with van der Waals surface area (Å²) >= 11 is 1.38. The fourth-order valence-electron chi connectivity index (χ4n) is 3.22. The maximum absolute atomic E-state index is 12.1. The molecule has 0 radical (unpaired) electrons. The second-order valence-electron chi connectivity index (χ2n) is 6.80. The third-order valence-corrected chi connectivity index (χ3v) is 5.77. The van der Waals surface area contributed by atoms with E-state index in [4.69, 9.17) is 0 Å². The Morgan fingerprint density at radius 2 is 1.96 bits per heavy atom. The summed E-state index contributed by atoms with van der Waals surface area (Å²) < 4.78 is 1.86. The van der Waals surface area contributed by atoms with Crippen LogP contribution in [0, 0.1) is 0 Å². The molecule has 10 heteroatoms. The van der Waals surface area contributed by atoms with E-state index in [0.29, 0.717) is 35.1 Å². The van der Waals surface area contributed by atoms with Gasteiger partial charge in [0, 0.05) is 18.7 Å². The zero-order valence-corrected chi connectivity index (χ0v) is 16.5. The number of nitrogens with one attached hydrogen (secondary N) is 1. The van der Waals surface area contributed by atoms with Gasteiger partial charge in [0.1, 0.15) is 6.54 Å². The summed E-state index contributed by atoms with van der Waals surface area (Å²) in [5.41, 5.74) is 0.913. The minimum absolute atomic E-state index is 0.0481. The van der Waals surface area contributed by atoms with Gasteiger partial charge in [0.2, 0.25) is 11.7 Å². The van der Waals surface area contributed by atoms with Crippen molar-refractivity contribution in [2.45, 2.75) is 43.4 Å². The molecule has 28 heavy (non-hydrogen) atoms. The molecule has 0 atom stereocenters. The monoisotopic (exact) mass is 398 g/mol. The smallest absolute Gasteiger partial charge is 0.230 e. The van der Waals surface area contributed by atoms with Gasteiger partial charge in [-0.2, -0.15) is 4.80 Å². The number of amides is 1. The molecule has 9 nitrogen and oxygen atoms in total. The second kappa shape index (κ2) is 8.51. The molecule has 1 amide bonds. The highest BCUT2D eigenvalue weighted by Crippen LogP contribution is 2.19. The van der Waals surface area contributed by atoms with Gasteiger partial charge in [-0.25, -0.2) is 0 Å². The second-order valence-corrected chi connectivity index (χ2v) is 7.75. The Labute approximate surface area is 166 Å². The summed E-state index contributed by atoms with van der Waals surface area (Å²) in [5, 5.41) is 24.8. The minimum atomic E-state index is 0.0481. The number of hydrogen-bond acceptors (Lipinski definition) is 7. The third kappa shape index (κ3) is 4.38. The van der Waals surface area contributed by atoms with Crippen LogP contribution in [0.15, 0.2) is 35.5 Å². The number of hydrogen-bond donors (Lipinski definition) is 1. The number of carbonyl (C=O) groups is 1. The highest BCUT2D eigenvalue weighted by Gasteiger charge is 2.18. The first-order valence-electron chi connectivity index (χ1n) is 9.32. The molecule has 146 valence electrons. The molecule has 0 spiro atoms. The first-order valence-corrected chi connectivity index (χ1v) is 10.3. The van der Waals surface area contributed by atoms with Crippen molar-refractivity contribution in [1.82, 2.24) is 40.3 Å². The Morgan fingerprint density at radius 3 is 2.75 bits per heavy atom. The molecular weight excluding hydrogens is 376 g/mol. The maximum Gasteiger partial charge on any atom is 0.230 e. The summed E-state index contributed by atoms with van der Waals surface area (Å²) in [7, 11) is 1.88. The van der Waals surface area contributed by atoms with Gasteiger partial charge in [-0.05, 0) is 18.1 Å². The molecule has 0 aliphatic heterocycles. The molecule has 0 unspecified atom stereocenters. The predicted octanol–water partition coefficient (Wildman–Crippen LogP) is 1.67. The van der Waals surface area contributed by atoms with Gasteiger partial charge >= 0.3 is 0 Å². The van der Waals surface area contributed by atoms with E-state index >= 15 is 0 Å². The van der Waals surface area contributed by atoms with E-state index in [1.54, 1.807) is 0 Å². The van der Waals surface area contributed by atoms with Crippen molar-refractivity contribution in [3.63, 3.8) is 0 Å². The van der Waals surface area contributed by atoms with E-state index in [2.05, 4.69) is 30.9 Å². The standard InChI is InChI=1S/C18H22N8OS/c1-25-15(11-26-23-17(21-24-26)13-7-3-2-4-8-13)20-22-18(25)28-12-16(27)19-14-9-5-6-10-14/h2-4,7-8,14H,5-6,9-12H2,1H3,(H,19,27). The van der Waals surface area contributed by atoms with Crippen molar-refractivity contribution in [2.24, 2.45) is 7.05 Å². The van der Waals surface area contributed by atoms with Crippen LogP contribution in [0.2, 0.25) is 0 Å². The number of thioether (sulfide) groups is 1. The number of carbonyl (C=O) groups excluding carboxylic acids is 1. The average molecular weight is 398 g/mol. The van der Waals surface area contributed by atoms with Gasteiger partial charge < -0.3 is 9.88 Å². The molecule has 2 heterocycles. The fourth-order valence-corrected chi connectivity index (χ4v) is 3.96. The van der Waals surface area contributed by atoms with E-state index in [1.807, 2.05) is 41.9 Å². The lowest BCUT2D eigenvalue weighted by Gasteiger charge is -2.11. The summed E-state index contributed by atoms with van der Waals surface area (Å²) in [6, 6.07) is 10.0. The summed E-state index contributed by atoms with van der Waals surface area (Å²) in [5.74, 6) is 1.66. The number of aromatic nitrogens is 7. The van der Waals surface area contributed by atoms with E-state index in [0.717, 1.165) is 18.4 Å². The molecule has 0 bridgehead atoms. The average Bonchev–Trinajstić information content (AvgIpc) is 3.45. The molecule has 1 aliphatic carbocycles. The van der Waals surface area contributed by atoms with Crippen LogP contribution in [0.4, 0.5) is 0 Å². The van der Waals surface area contributed by atoms with Crippen LogP contribution >= 0.6 is 11.8 Å². The van der Waals surface area contributed by atoms with Gasteiger partial charge in [0.15, 0.2) is 11.0 Å². The van der Waals surface area contributed by atoms with Crippen molar-refractivity contribution < 1.29 is 4.79 Å². The van der Waals surface area contributed by atoms with E-state index in [9.17, 15) is 4.79 Å². The molecule has 3 aromatic rings. The Morgan fingerprint density at radius 1 is 1.18 bits per heavy atom. The highest BCUT2D eigenvalue weighted by atomic mass is 32.2. The van der Waals surface area contributed by atoms with Gasteiger partial charge in [0.25, 0.3) is 0 Å². The number of tetrazole rings is 1. The molecule has 1 aromatic carbocycles. The summed E-state index contributed by atoms with van der Waals surface area (Å²) in [6.45, 7) is 0.359. The van der Waals surface area contributed by atoms with Crippen LogP contribution in [0.3, 0.4) is 0 Å². The Balaban J connectivity index is 1.34. The number of nitrogens with zero attached hydrogens (tertiary/aromatic N) is 7. The fraction of sp³-hybridized carbons (Fsp3) is 0.444. The van der Waals surface area contributed by atoms with E-state index in [1.165, 1.54) is 29.4 Å². The van der Waals surface area contributed by atoms with Gasteiger partial charge in [-0.15, -0.1) is 20.4 Å². The SMILES string of the molecule is Cn1c(Cn2nnc(-c3ccccc3)n2)nnc1SCC(=O)NC1CCCC1. The topological polar surface area (TPSA) is 103 Å². The molecule has 1 aliphatic rings. The lowest BCUT2D eigenvalue weighted by molar-refractivity contribution is -0.119. The molecule has 2 aromatic heterocycles. The molecular formula is C18H22N8OS. The first kappa shape index (κ1) is 18.6. The third-order valence-electron chi connectivity index (χ3n) is 4.75. The van der Waals surface area contributed by atoms with Crippen molar-refractivity contribution in [3.05, 3.63) is 36.2 Å². The van der Waals surface area contributed by atoms with Crippen LogP contribution < -0.4 is 5.32 Å². The molecule has 1 saturated carbocycles.